The zero-order valence-corrected chi connectivity index (χ0v) is 12.9. The van der Waals surface area contributed by atoms with E-state index < -0.39 is 6.04 Å². The van der Waals surface area contributed by atoms with Gasteiger partial charge in [0, 0.05) is 16.7 Å². The van der Waals surface area contributed by atoms with Crippen molar-refractivity contribution in [1.82, 2.24) is 15.0 Å². The number of hydrogen-bond donors (Lipinski definition) is 0. The first kappa shape index (κ1) is 15.7. The molecule has 0 saturated heterocycles. The summed E-state index contributed by atoms with van der Waals surface area (Å²) in [5.74, 6) is 0.601. The van der Waals surface area contributed by atoms with Crippen LogP contribution in [0.5, 0.6) is 5.75 Å². The summed E-state index contributed by atoms with van der Waals surface area (Å²) >= 11 is 0. The van der Waals surface area contributed by atoms with Crippen LogP contribution in [0.2, 0.25) is 0 Å². The predicted octanol–water partition coefficient (Wildman–Crippen LogP) is 2.72. The molecule has 2 aromatic carbocycles. The van der Waals surface area contributed by atoms with E-state index in [9.17, 15) is 10.1 Å². The molecule has 0 N–H and O–H groups in total. The summed E-state index contributed by atoms with van der Waals surface area (Å²) in [5, 5.41) is 18.7. The van der Waals surface area contributed by atoms with E-state index in [1.54, 1.807) is 6.20 Å². The predicted molar refractivity (Wildman–Crippen MR) is 87.2 cm³/mol. The van der Waals surface area contributed by atoms with Gasteiger partial charge in [0.1, 0.15) is 18.4 Å². The van der Waals surface area contributed by atoms with E-state index in [0.717, 1.165) is 5.56 Å². The molecular formula is C17H16N4O3. The summed E-state index contributed by atoms with van der Waals surface area (Å²) < 4.78 is 7.38. The number of benzene rings is 2. The van der Waals surface area contributed by atoms with E-state index in [-0.39, 0.29) is 11.5 Å². The molecule has 0 bridgehead atoms. The van der Waals surface area contributed by atoms with Crippen LogP contribution in [0.1, 0.15) is 17.2 Å². The highest BCUT2D eigenvalue weighted by atomic mass is 16.6. The van der Waals surface area contributed by atoms with Crippen molar-refractivity contribution in [3.63, 3.8) is 0 Å². The molecule has 0 saturated carbocycles. The minimum absolute atomic E-state index is 0.297. The Hall–Kier alpha value is -3.22. The van der Waals surface area contributed by atoms with Crippen LogP contribution in [0, 0.1) is 10.1 Å². The van der Waals surface area contributed by atoms with E-state index >= 15 is 0 Å². The first-order chi connectivity index (χ1) is 11.7. The standard InChI is InChI=1S/C17H16N4O3/c22-21(23)12-16(20-11-10-18-19-20)15-8-4-5-9-17(15)24-13-14-6-2-1-3-7-14/h1-11,16H,12-13H2/t16-/m0/s1. The summed E-state index contributed by atoms with van der Waals surface area (Å²) in [7, 11) is 0. The molecule has 7 nitrogen and oxygen atoms in total. The van der Waals surface area contributed by atoms with Crippen molar-refractivity contribution in [3.8, 4) is 5.75 Å². The highest BCUT2D eigenvalue weighted by Crippen LogP contribution is 2.28. The molecule has 3 aromatic rings. The van der Waals surface area contributed by atoms with Gasteiger partial charge in [0.15, 0.2) is 0 Å². The second kappa shape index (κ2) is 7.36. The summed E-state index contributed by atoms with van der Waals surface area (Å²) in [6.07, 6.45) is 3.11. The van der Waals surface area contributed by atoms with Gasteiger partial charge in [-0.25, -0.2) is 4.68 Å². The number of nitro groups is 1. The Morgan fingerprint density at radius 2 is 1.88 bits per heavy atom. The van der Waals surface area contributed by atoms with Gasteiger partial charge in [-0.2, -0.15) is 0 Å². The zero-order valence-electron chi connectivity index (χ0n) is 12.9. The van der Waals surface area contributed by atoms with Gasteiger partial charge < -0.3 is 4.74 Å². The van der Waals surface area contributed by atoms with Crippen LogP contribution in [-0.4, -0.2) is 26.5 Å². The molecule has 0 aliphatic rings. The lowest BCUT2D eigenvalue weighted by Gasteiger charge is -2.17. The zero-order chi connectivity index (χ0) is 16.8. The van der Waals surface area contributed by atoms with Crippen molar-refractivity contribution in [2.75, 3.05) is 6.54 Å². The van der Waals surface area contributed by atoms with Crippen molar-refractivity contribution >= 4 is 0 Å². The molecule has 0 fully saturated rings. The summed E-state index contributed by atoms with van der Waals surface area (Å²) in [5.41, 5.74) is 1.73. The highest BCUT2D eigenvalue weighted by Gasteiger charge is 2.24. The maximum absolute atomic E-state index is 11.1. The summed E-state index contributed by atoms with van der Waals surface area (Å²) in [6, 6.07) is 16.5. The van der Waals surface area contributed by atoms with Crippen LogP contribution in [0.25, 0.3) is 0 Å². The van der Waals surface area contributed by atoms with Gasteiger partial charge >= 0.3 is 0 Å². The van der Waals surface area contributed by atoms with Crippen LogP contribution in [0.3, 0.4) is 0 Å². The van der Waals surface area contributed by atoms with Crippen LogP contribution in [0.15, 0.2) is 67.0 Å². The van der Waals surface area contributed by atoms with Gasteiger partial charge in [0.25, 0.3) is 0 Å². The Morgan fingerprint density at radius 1 is 1.12 bits per heavy atom. The van der Waals surface area contributed by atoms with Crippen molar-refractivity contribution in [2.24, 2.45) is 0 Å². The fourth-order valence-corrected chi connectivity index (χ4v) is 2.47. The minimum Gasteiger partial charge on any atom is -0.489 e. The molecule has 122 valence electrons. The molecule has 0 radical (unpaired) electrons. The van der Waals surface area contributed by atoms with Gasteiger partial charge in [-0.3, -0.25) is 10.1 Å². The van der Waals surface area contributed by atoms with Gasteiger partial charge in [-0.15, -0.1) is 5.10 Å². The van der Waals surface area contributed by atoms with Crippen LogP contribution >= 0.6 is 0 Å². The highest BCUT2D eigenvalue weighted by molar-refractivity contribution is 5.36. The van der Waals surface area contributed by atoms with Crippen molar-refractivity contribution in [2.45, 2.75) is 12.6 Å². The average Bonchev–Trinajstić information content (AvgIpc) is 3.13. The lowest BCUT2D eigenvalue weighted by atomic mass is 10.1. The Labute approximate surface area is 138 Å². The fraction of sp³-hybridized carbons (Fsp3) is 0.176. The maximum Gasteiger partial charge on any atom is 0.230 e. The second-order valence-corrected chi connectivity index (χ2v) is 5.23. The molecule has 24 heavy (non-hydrogen) atoms. The van der Waals surface area contributed by atoms with Crippen molar-refractivity contribution in [3.05, 3.63) is 88.2 Å². The maximum atomic E-state index is 11.1. The molecule has 0 aliphatic heterocycles. The van der Waals surface area contributed by atoms with E-state index in [4.69, 9.17) is 4.74 Å². The molecule has 7 heteroatoms. The monoisotopic (exact) mass is 324 g/mol. The topological polar surface area (TPSA) is 83.1 Å². The third kappa shape index (κ3) is 3.75. The number of ether oxygens (including phenoxy) is 1. The molecule has 3 rings (SSSR count). The summed E-state index contributed by atoms with van der Waals surface area (Å²) in [4.78, 5) is 10.7. The van der Waals surface area contributed by atoms with Gasteiger partial charge in [0.05, 0.1) is 6.20 Å². The summed E-state index contributed by atoms with van der Waals surface area (Å²) in [6.45, 7) is 0.0927. The molecule has 0 amide bonds. The first-order valence-corrected chi connectivity index (χ1v) is 7.47. The Bertz CT molecular complexity index is 791. The van der Waals surface area contributed by atoms with E-state index in [0.29, 0.717) is 17.9 Å². The third-order valence-electron chi connectivity index (χ3n) is 3.60. The number of hydrogen-bond acceptors (Lipinski definition) is 5. The Morgan fingerprint density at radius 3 is 2.58 bits per heavy atom. The molecule has 0 aliphatic carbocycles. The van der Waals surface area contributed by atoms with E-state index in [2.05, 4.69) is 10.3 Å². The van der Waals surface area contributed by atoms with Crippen molar-refractivity contribution in [1.29, 1.82) is 0 Å². The SMILES string of the molecule is O=[N+]([O-])C[C@@H](c1ccccc1OCc1ccccc1)n1ccnn1. The second-order valence-electron chi connectivity index (χ2n) is 5.23. The Balaban J connectivity index is 1.87. The lowest BCUT2D eigenvalue weighted by Crippen LogP contribution is -2.21. The minimum atomic E-state index is -0.575. The van der Waals surface area contributed by atoms with Crippen LogP contribution in [-0.2, 0) is 6.61 Å². The normalized spacial score (nSPS) is 11.8. The number of aromatic nitrogens is 3. The van der Waals surface area contributed by atoms with Crippen molar-refractivity contribution < 1.29 is 9.66 Å². The van der Waals surface area contributed by atoms with E-state index in [1.807, 2.05) is 54.6 Å². The van der Waals surface area contributed by atoms with Gasteiger partial charge in [-0.05, 0) is 11.6 Å². The number of nitrogens with zero attached hydrogens (tertiary/aromatic N) is 4. The number of para-hydroxylation sites is 1. The van der Waals surface area contributed by atoms with Crippen LogP contribution < -0.4 is 4.74 Å². The fourth-order valence-electron chi connectivity index (χ4n) is 2.47. The molecular weight excluding hydrogens is 308 g/mol. The molecule has 0 unspecified atom stereocenters. The quantitative estimate of drug-likeness (QED) is 0.493. The molecule has 0 spiro atoms. The van der Waals surface area contributed by atoms with E-state index in [1.165, 1.54) is 10.9 Å². The smallest absolute Gasteiger partial charge is 0.230 e. The largest absolute Gasteiger partial charge is 0.489 e. The molecule has 1 heterocycles. The third-order valence-corrected chi connectivity index (χ3v) is 3.60. The molecule has 1 aromatic heterocycles. The first-order valence-electron chi connectivity index (χ1n) is 7.47. The lowest BCUT2D eigenvalue weighted by molar-refractivity contribution is -0.484. The average molecular weight is 324 g/mol. The Kier molecular flexibility index (Phi) is 4.81. The van der Waals surface area contributed by atoms with Gasteiger partial charge in [-0.1, -0.05) is 53.7 Å². The number of rotatable bonds is 7. The molecule has 1 atom stereocenters. The van der Waals surface area contributed by atoms with Gasteiger partial charge in [0.2, 0.25) is 6.54 Å². The van der Waals surface area contributed by atoms with Crippen LogP contribution in [0.4, 0.5) is 0 Å².